The van der Waals surface area contributed by atoms with Crippen LogP contribution in [0.15, 0.2) is 12.4 Å². The van der Waals surface area contributed by atoms with Crippen molar-refractivity contribution in [2.24, 2.45) is 18.2 Å². The fraction of sp³-hybridized carbons (Fsp3) is 0.750. The normalized spacial score (nSPS) is 22.6. The lowest BCUT2D eigenvalue weighted by atomic mass is 9.69. The topological polar surface area (TPSA) is 43.8 Å². The van der Waals surface area contributed by atoms with Crippen LogP contribution in [0.3, 0.4) is 0 Å². The van der Waals surface area contributed by atoms with E-state index in [0.717, 1.165) is 0 Å². The minimum Gasteiger partial charge on any atom is -0.323 e. The van der Waals surface area contributed by atoms with Crippen molar-refractivity contribution in [3.8, 4) is 0 Å². The van der Waals surface area contributed by atoms with Crippen LogP contribution in [-0.2, 0) is 7.05 Å². The van der Waals surface area contributed by atoms with E-state index in [1.54, 1.807) is 0 Å². The van der Waals surface area contributed by atoms with Gasteiger partial charge in [0.15, 0.2) is 0 Å². The second-order valence-corrected chi connectivity index (χ2v) is 5.14. The maximum atomic E-state index is 6.36. The first-order chi connectivity index (χ1) is 7.12. The molecule has 1 aromatic rings. The van der Waals surface area contributed by atoms with Gasteiger partial charge in [-0.1, -0.05) is 26.2 Å². The monoisotopic (exact) mass is 207 g/mol. The Hall–Kier alpha value is -0.830. The number of hydrogen-bond acceptors (Lipinski definition) is 2. The SMILES string of the molecule is Cn1cc(C(N)C2(C)CCCCC2)cn1. The highest BCUT2D eigenvalue weighted by Gasteiger charge is 2.34. The Kier molecular flexibility index (Phi) is 2.83. The molecule has 1 aliphatic rings. The van der Waals surface area contributed by atoms with E-state index in [1.165, 1.54) is 37.7 Å². The molecule has 1 heterocycles. The molecule has 1 atom stereocenters. The molecule has 0 spiro atoms. The molecule has 1 aliphatic carbocycles. The molecule has 3 heteroatoms. The zero-order chi connectivity index (χ0) is 10.9. The Morgan fingerprint density at radius 1 is 1.40 bits per heavy atom. The third-order valence-corrected chi connectivity index (χ3v) is 3.83. The van der Waals surface area contributed by atoms with E-state index >= 15 is 0 Å². The first kappa shape index (κ1) is 10.7. The lowest BCUT2D eigenvalue weighted by molar-refractivity contribution is 0.170. The molecule has 84 valence electrons. The van der Waals surface area contributed by atoms with Gasteiger partial charge in [0.25, 0.3) is 0 Å². The molecule has 2 rings (SSSR count). The second kappa shape index (κ2) is 3.97. The molecule has 0 amide bonds. The minimum absolute atomic E-state index is 0.145. The van der Waals surface area contributed by atoms with Crippen LogP contribution in [0.1, 0.15) is 50.6 Å². The van der Waals surface area contributed by atoms with Crippen molar-refractivity contribution in [1.82, 2.24) is 9.78 Å². The van der Waals surface area contributed by atoms with Crippen LogP contribution < -0.4 is 5.73 Å². The van der Waals surface area contributed by atoms with Gasteiger partial charge in [-0.3, -0.25) is 4.68 Å². The highest BCUT2D eigenvalue weighted by molar-refractivity contribution is 5.13. The maximum Gasteiger partial charge on any atom is 0.0537 e. The van der Waals surface area contributed by atoms with E-state index in [-0.39, 0.29) is 11.5 Å². The average Bonchev–Trinajstić information content (AvgIpc) is 2.65. The molecule has 1 fully saturated rings. The predicted octanol–water partition coefficient (Wildman–Crippen LogP) is 2.39. The van der Waals surface area contributed by atoms with Crippen LogP contribution in [0.5, 0.6) is 0 Å². The molecular weight excluding hydrogens is 186 g/mol. The van der Waals surface area contributed by atoms with Crippen molar-refractivity contribution >= 4 is 0 Å². The van der Waals surface area contributed by atoms with Crippen molar-refractivity contribution < 1.29 is 0 Å². The zero-order valence-electron chi connectivity index (χ0n) is 9.74. The Balaban J connectivity index is 2.15. The smallest absolute Gasteiger partial charge is 0.0537 e. The molecule has 0 saturated heterocycles. The van der Waals surface area contributed by atoms with Crippen LogP contribution >= 0.6 is 0 Å². The van der Waals surface area contributed by atoms with Crippen molar-refractivity contribution in [1.29, 1.82) is 0 Å². The summed E-state index contributed by atoms with van der Waals surface area (Å²) in [5.74, 6) is 0. The average molecular weight is 207 g/mol. The highest BCUT2D eigenvalue weighted by atomic mass is 15.2. The number of hydrogen-bond donors (Lipinski definition) is 1. The van der Waals surface area contributed by atoms with E-state index in [4.69, 9.17) is 5.73 Å². The summed E-state index contributed by atoms with van der Waals surface area (Å²) < 4.78 is 1.83. The molecule has 0 bridgehead atoms. The third kappa shape index (κ3) is 2.07. The highest BCUT2D eigenvalue weighted by Crippen LogP contribution is 2.44. The summed E-state index contributed by atoms with van der Waals surface area (Å²) in [6.45, 7) is 2.32. The molecule has 15 heavy (non-hydrogen) atoms. The van der Waals surface area contributed by atoms with Crippen molar-refractivity contribution in [2.45, 2.75) is 45.1 Å². The van der Waals surface area contributed by atoms with E-state index in [9.17, 15) is 0 Å². The number of rotatable bonds is 2. The predicted molar refractivity (Wildman–Crippen MR) is 61.3 cm³/mol. The second-order valence-electron chi connectivity index (χ2n) is 5.14. The number of nitrogens with two attached hydrogens (primary N) is 1. The summed E-state index contributed by atoms with van der Waals surface area (Å²) in [6, 6.07) is 0.145. The zero-order valence-corrected chi connectivity index (χ0v) is 9.74. The Morgan fingerprint density at radius 2 is 2.07 bits per heavy atom. The van der Waals surface area contributed by atoms with Gasteiger partial charge in [-0.05, 0) is 18.3 Å². The fourth-order valence-electron chi connectivity index (χ4n) is 2.67. The van der Waals surface area contributed by atoms with Crippen LogP contribution in [0.25, 0.3) is 0 Å². The summed E-state index contributed by atoms with van der Waals surface area (Å²) in [7, 11) is 1.94. The Labute approximate surface area is 91.7 Å². The molecule has 0 aliphatic heterocycles. The minimum atomic E-state index is 0.145. The summed E-state index contributed by atoms with van der Waals surface area (Å²) in [4.78, 5) is 0. The summed E-state index contributed by atoms with van der Waals surface area (Å²) in [6.07, 6.45) is 10.5. The van der Waals surface area contributed by atoms with Gasteiger partial charge in [-0.2, -0.15) is 5.10 Å². The molecular formula is C12H21N3. The van der Waals surface area contributed by atoms with Gasteiger partial charge in [-0.25, -0.2) is 0 Å². The van der Waals surface area contributed by atoms with Crippen LogP contribution in [0.2, 0.25) is 0 Å². The van der Waals surface area contributed by atoms with E-state index in [2.05, 4.69) is 12.0 Å². The first-order valence-corrected chi connectivity index (χ1v) is 5.86. The lowest BCUT2D eigenvalue weighted by Crippen LogP contribution is -2.33. The van der Waals surface area contributed by atoms with Crippen LogP contribution in [-0.4, -0.2) is 9.78 Å². The Morgan fingerprint density at radius 3 is 2.60 bits per heavy atom. The quantitative estimate of drug-likeness (QED) is 0.809. The molecule has 2 N–H and O–H groups in total. The van der Waals surface area contributed by atoms with Crippen LogP contribution in [0, 0.1) is 5.41 Å². The maximum absolute atomic E-state index is 6.36. The van der Waals surface area contributed by atoms with Crippen molar-refractivity contribution in [2.75, 3.05) is 0 Å². The van der Waals surface area contributed by atoms with E-state index in [0.29, 0.717) is 0 Å². The van der Waals surface area contributed by atoms with Crippen molar-refractivity contribution in [3.63, 3.8) is 0 Å². The van der Waals surface area contributed by atoms with Gasteiger partial charge in [0.1, 0.15) is 0 Å². The summed E-state index contributed by atoms with van der Waals surface area (Å²) >= 11 is 0. The van der Waals surface area contributed by atoms with Crippen molar-refractivity contribution in [3.05, 3.63) is 18.0 Å². The van der Waals surface area contributed by atoms with E-state index in [1.807, 2.05) is 24.1 Å². The summed E-state index contributed by atoms with van der Waals surface area (Å²) in [5, 5.41) is 4.20. The fourth-order valence-corrected chi connectivity index (χ4v) is 2.67. The van der Waals surface area contributed by atoms with Gasteiger partial charge in [-0.15, -0.1) is 0 Å². The van der Waals surface area contributed by atoms with Gasteiger partial charge >= 0.3 is 0 Å². The summed E-state index contributed by atoms with van der Waals surface area (Å²) in [5.41, 5.74) is 7.83. The van der Waals surface area contributed by atoms with Gasteiger partial charge < -0.3 is 5.73 Å². The number of aryl methyl sites for hydroxylation is 1. The lowest BCUT2D eigenvalue weighted by Gasteiger charge is -2.38. The van der Waals surface area contributed by atoms with Crippen LogP contribution in [0.4, 0.5) is 0 Å². The first-order valence-electron chi connectivity index (χ1n) is 5.86. The Bertz CT molecular complexity index is 323. The molecule has 1 unspecified atom stereocenters. The molecule has 3 nitrogen and oxygen atoms in total. The molecule has 0 aromatic carbocycles. The molecule has 1 aromatic heterocycles. The van der Waals surface area contributed by atoms with Gasteiger partial charge in [0.2, 0.25) is 0 Å². The largest absolute Gasteiger partial charge is 0.323 e. The molecule has 1 saturated carbocycles. The van der Waals surface area contributed by atoms with E-state index < -0.39 is 0 Å². The number of nitrogens with zero attached hydrogens (tertiary/aromatic N) is 2. The number of aromatic nitrogens is 2. The van der Waals surface area contributed by atoms with Gasteiger partial charge in [0.05, 0.1) is 6.20 Å². The third-order valence-electron chi connectivity index (χ3n) is 3.83. The standard InChI is InChI=1S/C12H21N3/c1-12(6-4-3-5-7-12)11(13)10-8-14-15(2)9-10/h8-9,11H,3-7,13H2,1-2H3. The van der Waals surface area contributed by atoms with Gasteiger partial charge in [0, 0.05) is 24.8 Å². The molecule has 0 radical (unpaired) electrons.